The molecular weight excluding hydrogens is 441 g/mol. The zero-order valence-corrected chi connectivity index (χ0v) is 17.9. The van der Waals surface area contributed by atoms with Crippen LogP contribution in [-0.2, 0) is 23.6 Å². The van der Waals surface area contributed by atoms with Crippen LogP contribution in [-0.4, -0.2) is 68.1 Å². The van der Waals surface area contributed by atoms with Crippen molar-refractivity contribution in [1.29, 1.82) is 0 Å². The van der Waals surface area contributed by atoms with Crippen molar-refractivity contribution in [3.05, 3.63) is 24.0 Å². The fourth-order valence-corrected chi connectivity index (χ4v) is 3.78. The average molecular weight is 469 g/mol. The van der Waals surface area contributed by atoms with Gasteiger partial charge < -0.3 is 14.8 Å². The lowest BCUT2D eigenvalue weighted by molar-refractivity contribution is 0.437. The summed E-state index contributed by atoms with van der Waals surface area (Å²) in [5.74, 6) is 1.15. The second-order valence-electron chi connectivity index (χ2n) is 6.17. The molecule has 0 aliphatic carbocycles. The zero-order chi connectivity index (χ0) is 17.0. The summed E-state index contributed by atoms with van der Waals surface area (Å²) in [6.07, 6.45) is 4.19. The topological polar surface area (TPSA) is 69.9 Å². The summed E-state index contributed by atoms with van der Waals surface area (Å²) >= 11 is 0. The Bertz CT molecular complexity index is 659. The Balaban J connectivity index is 0.00000288. The Morgan fingerprint density at radius 3 is 2.71 bits per heavy atom. The van der Waals surface area contributed by atoms with Gasteiger partial charge in [0.1, 0.15) is 0 Å². The first kappa shape index (κ1) is 21.2. The summed E-state index contributed by atoms with van der Waals surface area (Å²) < 4.78 is 26.8. The lowest BCUT2D eigenvalue weighted by Gasteiger charge is -2.23. The number of guanidine groups is 1. The fourth-order valence-electron chi connectivity index (χ4n) is 2.86. The van der Waals surface area contributed by atoms with Gasteiger partial charge in [-0.3, -0.25) is 4.99 Å². The van der Waals surface area contributed by atoms with Crippen LogP contribution in [0.5, 0.6) is 0 Å². The van der Waals surface area contributed by atoms with Gasteiger partial charge in [0.2, 0.25) is 10.0 Å². The SMILES string of the molecule is CN=C(NCC1CCN(S(C)(=O)=O)C1)N(C)Cc1cccn1C.I. The van der Waals surface area contributed by atoms with Gasteiger partial charge in [0.25, 0.3) is 0 Å². The van der Waals surface area contributed by atoms with Crippen LogP contribution in [0.3, 0.4) is 0 Å². The van der Waals surface area contributed by atoms with Gasteiger partial charge in [0, 0.05) is 52.7 Å². The Morgan fingerprint density at radius 1 is 1.50 bits per heavy atom. The van der Waals surface area contributed by atoms with E-state index in [1.54, 1.807) is 11.4 Å². The summed E-state index contributed by atoms with van der Waals surface area (Å²) in [6, 6.07) is 4.11. The van der Waals surface area contributed by atoms with Crippen LogP contribution in [0.4, 0.5) is 0 Å². The minimum atomic E-state index is -3.07. The number of hydrogen-bond acceptors (Lipinski definition) is 3. The van der Waals surface area contributed by atoms with Gasteiger partial charge in [-0.2, -0.15) is 0 Å². The number of hydrogen-bond donors (Lipinski definition) is 1. The summed E-state index contributed by atoms with van der Waals surface area (Å²) in [5.41, 5.74) is 1.21. The first-order chi connectivity index (χ1) is 10.8. The maximum Gasteiger partial charge on any atom is 0.211 e. The molecule has 1 aromatic heterocycles. The van der Waals surface area contributed by atoms with Crippen LogP contribution in [0, 0.1) is 5.92 Å². The molecule has 1 aliphatic heterocycles. The van der Waals surface area contributed by atoms with Gasteiger partial charge in [-0.25, -0.2) is 12.7 Å². The van der Waals surface area contributed by atoms with E-state index < -0.39 is 10.0 Å². The lowest BCUT2D eigenvalue weighted by Crippen LogP contribution is -2.41. The number of rotatable bonds is 5. The summed E-state index contributed by atoms with van der Waals surface area (Å²) in [5, 5.41) is 3.36. The highest BCUT2D eigenvalue weighted by Crippen LogP contribution is 2.18. The zero-order valence-electron chi connectivity index (χ0n) is 14.8. The molecule has 1 N–H and O–H groups in total. The van der Waals surface area contributed by atoms with Crippen molar-refractivity contribution in [3.63, 3.8) is 0 Å². The maximum absolute atomic E-state index is 11.6. The Hall–Kier alpha value is -0.810. The smallest absolute Gasteiger partial charge is 0.211 e. The van der Waals surface area contributed by atoms with Gasteiger partial charge in [-0.1, -0.05) is 0 Å². The van der Waals surface area contributed by atoms with E-state index in [1.807, 2.05) is 26.4 Å². The molecular formula is C15H28IN5O2S. The van der Waals surface area contributed by atoms with Crippen molar-refractivity contribution in [2.24, 2.45) is 18.0 Å². The van der Waals surface area contributed by atoms with Gasteiger partial charge in [0.05, 0.1) is 12.8 Å². The third-order valence-electron chi connectivity index (χ3n) is 4.29. The third kappa shape index (κ3) is 5.62. The van der Waals surface area contributed by atoms with Crippen LogP contribution >= 0.6 is 24.0 Å². The van der Waals surface area contributed by atoms with E-state index in [-0.39, 0.29) is 24.0 Å². The van der Waals surface area contributed by atoms with Gasteiger partial charge in [0.15, 0.2) is 5.96 Å². The minimum Gasteiger partial charge on any atom is -0.356 e. The number of aryl methyl sites for hydroxylation is 1. The molecule has 1 aromatic rings. The molecule has 1 aliphatic rings. The number of nitrogens with one attached hydrogen (secondary N) is 1. The Morgan fingerprint density at radius 2 is 2.21 bits per heavy atom. The molecule has 1 fully saturated rings. The van der Waals surface area contributed by atoms with Gasteiger partial charge in [-0.05, 0) is 24.5 Å². The normalized spacial score (nSPS) is 19.2. The van der Waals surface area contributed by atoms with Crippen molar-refractivity contribution < 1.29 is 8.42 Å². The second kappa shape index (κ2) is 9.04. The highest BCUT2D eigenvalue weighted by atomic mass is 127. The predicted octanol–water partition coefficient (Wildman–Crippen LogP) is 0.932. The lowest BCUT2D eigenvalue weighted by atomic mass is 10.1. The molecule has 2 rings (SSSR count). The van der Waals surface area contributed by atoms with Crippen LogP contribution in [0.25, 0.3) is 0 Å². The first-order valence-electron chi connectivity index (χ1n) is 7.78. The average Bonchev–Trinajstić information content (AvgIpc) is 3.09. The molecule has 1 saturated heterocycles. The molecule has 9 heteroatoms. The Labute approximate surface area is 162 Å². The van der Waals surface area contributed by atoms with E-state index in [0.717, 1.165) is 25.5 Å². The third-order valence-corrected chi connectivity index (χ3v) is 5.56. The number of aromatic nitrogens is 1. The summed E-state index contributed by atoms with van der Waals surface area (Å²) in [6.45, 7) is 2.70. The molecule has 0 radical (unpaired) electrons. The van der Waals surface area contributed by atoms with Crippen molar-refractivity contribution in [1.82, 2.24) is 19.1 Å². The molecule has 24 heavy (non-hydrogen) atoms. The number of nitrogens with zero attached hydrogens (tertiary/aromatic N) is 4. The molecule has 138 valence electrons. The monoisotopic (exact) mass is 469 g/mol. The molecule has 0 amide bonds. The minimum absolute atomic E-state index is 0. The number of sulfonamides is 1. The highest BCUT2D eigenvalue weighted by Gasteiger charge is 2.28. The van der Waals surface area contributed by atoms with E-state index >= 15 is 0 Å². The molecule has 1 unspecified atom stereocenters. The van der Waals surface area contributed by atoms with Crippen molar-refractivity contribution in [3.8, 4) is 0 Å². The fraction of sp³-hybridized carbons (Fsp3) is 0.667. The predicted molar refractivity (Wildman–Crippen MR) is 108 cm³/mol. The maximum atomic E-state index is 11.6. The number of aliphatic imine (C=N–C) groups is 1. The first-order valence-corrected chi connectivity index (χ1v) is 9.63. The standard InChI is InChI=1S/C15H27N5O2S.HI/c1-16-15(19(3)12-14-6-5-8-18(14)2)17-10-13-7-9-20(11-13)23(4,21)22;/h5-6,8,13H,7,9-12H2,1-4H3,(H,16,17);1H. The van der Waals surface area contributed by atoms with E-state index in [4.69, 9.17) is 0 Å². The molecule has 0 bridgehead atoms. The van der Waals surface area contributed by atoms with Crippen LogP contribution in [0.2, 0.25) is 0 Å². The van der Waals surface area contributed by atoms with Crippen LogP contribution in [0.15, 0.2) is 23.3 Å². The number of halogens is 1. The summed E-state index contributed by atoms with van der Waals surface area (Å²) in [7, 11) is 2.72. The van der Waals surface area contributed by atoms with Gasteiger partial charge in [-0.15, -0.1) is 24.0 Å². The van der Waals surface area contributed by atoms with Crippen molar-refractivity contribution >= 4 is 40.0 Å². The van der Waals surface area contributed by atoms with Crippen LogP contribution in [0.1, 0.15) is 12.1 Å². The quantitative estimate of drug-likeness (QED) is 0.396. The van der Waals surface area contributed by atoms with E-state index in [1.165, 1.54) is 11.9 Å². The van der Waals surface area contributed by atoms with E-state index in [9.17, 15) is 8.42 Å². The van der Waals surface area contributed by atoms with Crippen molar-refractivity contribution in [2.45, 2.75) is 13.0 Å². The largest absolute Gasteiger partial charge is 0.356 e. The van der Waals surface area contributed by atoms with Crippen LogP contribution < -0.4 is 5.32 Å². The highest BCUT2D eigenvalue weighted by molar-refractivity contribution is 14.0. The molecule has 7 nitrogen and oxygen atoms in total. The Kier molecular flexibility index (Phi) is 8.00. The molecule has 1 atom stereocenters. The van der Waals surface area contributed by atoms with E-state index in [2.05, 4.69) is 25.8 Å². The molecule has 0 aromatic carbocycles. The molecule has 0 saturated carbocycles. The summed E-state index contributed by atoms with van der Waals surface area (Å²) in [4.78, 5) is 6.39. The van der Waals surface area contributed by atoms with E-state index in [0.29, 0.717) is 19.0 Å². The van der Waals surface area contributed by atoms with Crippen molar-refractivity contribution in [2.75, 3.05) is 40.0 Å². The molecule has 2 heterocycles. The second-order valence-corrected chi connectivity index (χ2v) is 8.15. The van der Waals surface area contributed by atoms with Gasteiger partial charge >= 0.3 is 0 Å². The molecule has 0 spiro atoms.